The van der Waals surface area contributed by atoms with Crippen LogP contribution in [0, 0.1) is 0 Å². The monoisotopic (exact) mass is 288 g/mol. The molecule has 0 aliphatic rings. The lowest BCUT2D eigenvalue weighted by Gasteiger charge is -2.26. The first-order valence-corrected chi connectivity index (χ1v) is 7.29. The van der Waals surface area contributed by atoms with Gasteiger partial charge in [-0.25, -0.2) is 4.79 Å². The fraction of sp³-hybridized carbons (Fsp3) is 0.857. The number of urea groups is 1. The Morgan fingerprint density at radius 1 is 1.15 bits per heavy atom. The molecule has 0 bridgehead atoms. The molecule has 6 nitrogen and oxygen atoms in total. The van der Waals surface area contributed by atoms with Crippen molar-refractivity contribution >= 4 is 12.0 Å². The van der Waals surface area contributed by atoms with Crippen LogP contribution in [0.15, 0.2) is 0 Å². The summed E-state index contributed by atoms with van der Waals surface area (Å²) in [4.78, 5) is 24.4. The van der Waals surface area contributed by atoms with Gasteiger partial charge in [-0.1, -0.05) is 26.7 Å². The molecule has 1 unspecified atom stereocenters. The fourth-order valence-electron chi connectivity index (χ4n) is 1.78. The van der Waals surface area contributed by atoms with E-state index < -0.39 is 18.0 Å². The van der Waals surface area contributed by atoms with Crippen LogP contribution in [0.25, 0.3) is 0 Å². The number of rotatable bonds is 10. The predicted molar refractivity (Wildman–Crippen MR) is 77.7 cm³/mol. The normalized spacial score (nSPS) is 13.6. The van der Waals surface area contributed by atoms with Crippen molar-refractivity contribution in [3.05, 3.63) is 0 Å². The van der Waals surface area contributed by atoms with Gasteiger partial charge in [0.25, 0.3) is 0 Å². The van der Waals surface area contributed by atoms with E-state index in [1.807, 2.05) is 0 Å². The maximum atomic E-state index is 12.0. The van der Waals surface area contributed by atoms with Crippen molar-refractivity contribution in [2.45, 2.75) is 58.5 Å². The summed E-state index contributed by atoms with van der Waals surface area (Å²) in [5.41, 5.74) is -1.43. The molecule has 0 spiro atoms. The second kappa shape index (κ2) is 9.58. The molecule has 20 heavy (non-hydrogen) atoms. The van der Waals surface area contributed by atoms with Gasteiger partial charge in [-0.2, -0.15) is 0 Å². The van der Waals surface area contributed by atoms with Crippen LogP contribution in [0.3, 0.4) is 0 Å². The number of nitrogens with one attached hydrogen (secondary N) is 1. The minimum absolute atomic E-state index is 0.0626. The van der Waals surface area contributed by atoms with Crippen LogP contribution in [0.4, 0.5) is 4.79 Å². The molecular weight excluding hydrogens is 260 g/mol. The number of carboxylic acid groups (broad SMARTS) is 1. The SMILES string of the molecule is CCCCN(CCCC)C(=O)NCC(C)(O)CC(=O)O. The third-order valence-electron chi connectivity index (χ3n) is 3.00. The Bertz CT molecular complexity index is 298. The number of amides is 2. The molecule has 0 aromatic heterocycles. The Kier molecular flexibility index (Phi) is 8.96. The Labute approximate surface area is 121 Å². The van der Waals surface area contributed by atoms with Crippen LogP contribution >= 0.6 is 0 Å². The number of carboxylic acids is 1. The van der Waals surface area contributed by atoms with Gasteiger partial charge in [0.05, 0.1) is 12.0 Å². The van der Waals surface area contributed by atoms with Crippen molar-refractivity contribution < 1.29 is 19.8 Å². The number of carbonyl (C=O) groups is 2. The van der Waals surface area contributed by atoms with E-state index in [0.717, 1.165) is 25.7 Å². The molecule has 1 atom stereocenters. The van der Waals surface area contributed by atoms with Crippen LogP contribution in [-0.2, 0) is 4.79 Å². The summed E-state index contributed by atoms with van der Waals surface area (Å²) in [5.74, 6) is -1.09. The van der Waals surface area contributed by atoms with Crippen molar-refractivity contribution in [3.63, 3.8) is 0 Å². The molecule has 0 rings (SSSR count). The molecule has 0 aliphatic carbocycles. The highest BCUT2D eigenvalue weighted by molar-refractivity contribution is 5.74. The standard InChI is InChI=1S/C14H28N2O4/c1-4-6-8-16(9-7-5-2)13(19)15-11-14(3,20)10-12(17)18/h20H,4-11H2,1-3H3,(H,15,19)(H,17,18). The topological polar surface area (TPSA) is 89.9 Å². The fourth-order valence-corrected chi connectivity index (χ4v) is 1.78. The second-order valence-corrected chi connectivity index (χ2v) is 5.42. The van der Waals surface area contributed by atoms with Crippen molar-refractivity contribution in [1.29, 1.82) is 0 Å². The Balaban J connectivity index is 4.32. The molecule has 0 aliphatic heterocycles. The highest BCUT2D eigenvalue weighted by Crippen LogP contribution is 2.08. The van der Waals surface area contributed by atoms with Crippen molar-refractivity contribution in [3.8, 4) is 0 Å². The number of aliphatic carboxylic acids is 1. The minimum Gasteiger partial charge on any atom is -0.481 e. The third-order valence-corrected chi connectivity index (χ3v) is 3.00. The van der Waals surface area contributed by atoms with E-state index in [1.54, 1.807) is 4.90 Å². The van der Waals surface area contributed by atoms with Crippen molar-refractivity contribution in [2.75, 3.05) is 19.6 Å². The van der Waals surface area contributed by atoms with Crippen LogP contribution in [0.2, 0.25) is 0 Å². The summed E-state index contributed by atoms with van der Waals surface area (Å²) in [6.07, 6.45) is 3.49. The van der Waals surface area contributed by atoms with Gasteiger partial charge in [-0.15, -0.1) is 0 Å². The number of unbranched alkanes of at least 4 members (excludes halogenated alkanes) is 2. The zero-order chi connectivity index (χ0) is 15.6. The quantitative estimate of drug-likeness (QED) is 0.572. The van der Waals surface area contributed by atoms with Gasteiger partial charge in [-0.05, 0) is 19.8 Å². The molecule has 0 heterocycles. The average molecular weight is 288 g/mol. The highest BCUT2D eigenvalue weighted by atomic mass is 16.4. The zero-order valence-electron chi connectivity index (χ0n) is 12.8. The lowest BCUT2D eigenvalue weighted by molar-refractivity contribution is -0.141. The summed E-state index contributed by atoms with van der Waals surface area (Å²) in [6, 6.07) is -0.238. The van der Waals surface area contributed by atoms with Crippen molar-refractivity contribution in [2.24, 2.45) is 0 Å². The molecule has 118 valence electrons. The van der Waals surface area contributed by atoms with Gasteiger partial charge < -0.3 is 20.4 Å². The maximum absolute atomic E-state index is 12.0. The van der Waals surface area contributed by atoms with E-state index in [-0.39, 0.29) is 12.6 Å². The first-order valence-electron chi connectivity index (χ1n) is 7.29. The van der Waals surface area contributed by atoms with Crippen LogP contribution in [-0.4, -0.2) is 52.3 Å². The zero-order valence-corrected chi connectivity index (χ0v) is 12.8. The summed E-state index contributed by atoms with van der Waals surface area (Å²) in [5, 5.41) is 21.1. The first-order chi connectivity index (χ1) is 9.32. The molecule has 0 radical (unpaired) electrons. The second-order valence-electron chi connectivity index (χ2n) is 5.42. The molecule has 2 amide bonds. The smallest absolute Gasteiger partial charge is 0.317 e. The van der Waals surface area contributed by atoms with E-state index >= 15 is 0 Å². The lowest BCUT2D eigenvalue weighted by Crippen LogP contribution is -2.47. The minimum atomic E-state index is -1.43. The highest BCUT2D eigenvalue weighted by Gasteiger charge is 2.25. The van der Waals surface area contributed by atoms with E-state index in [9.17, 15) is 14.7 Å². The van der Waals surface area contributed by atoms with E-state index in [1.165, 1.54) is 6.92 Å². The van der Waals surface area contributed by atoms with E-state index in [2.05, 4.69) is 19.2 Å². The Morgan fingerprint density at radius 2 is 1.65 bits per heavy atom. The number of carbonyl (C=O) groups excluding carboxylic acids is 1. The molecular formula is C14H28N2O4. The van der Waals surface area contributed by atoms with Gasteiger partial charge in [0.1, 0.15) is 0 Å². The molecule has 0 fully saturated rings. The van der Waals surface area contributed by atoms with Crippen LogP contribution in [0.1, 0.15) is 52.9 Å². The van der Waals surface area contributed by atoms with Crippen LogP contribution in [0.5, 0.6) is 0 Å². The van der Waals surface area contributed by atoms with E-state index in [0.29, 0.717) is 13.1 Å². The van der Waals surface area contributed by atoms with Gasteiger partial charge in [0.2, 0.25) is 0 Å². The summed E-state index contributed by atoms with van der Waals surface area (Å²) >= 11 is 0. The summed E-state index contributed by atoms with van der Waals surface area (Å²) in [7, 11) is 0. The summed E-state index contributed by atoms with van der Waals surface area (Å²) < 4.78 is 0. The van der Waals surface area contributed by atoms with Gasteiger partial charge >= 0.3 is 12.0 Å². The third kappa shape index (κ3) is 8.74. The molecule has 0 aromatic carbocycles. The largest absolute Gasteiger partial charge is 0.481 e. The van der Waals surface area contributed by atoms with E-state index in [4.69, 9.17) is 5.11 Å². The number of aliphatic hydroxyl groups is 1. The number of nitrogens with zero attached hydrogens (tertiary/aromatic N) is 1. The molecule has 0 saturated heterocycles. The molecule has 3 N–H and O–H groups in total. The van der Waals surface area contributed by atoms with Crippen LogP contribution < -0.4 is 5.32 Å². The van der Waals surface area contributed by atoms with Gasteiger partial charge in [-0.3, -0.25) is 4.79 Å². The molecule has 0 saturated carbocycles. The number of hydrogen-bond donors (Lipinski definition) is 3. The Morgan fingerprint density at radius 3 is 2.05 bits per heavy atom. The predicted octanol–water partition coefficient (Wildman–Crippen LogP) is 1.82. The molecule has 0 aromatic rings. The molecule has 6 heteroatoms. The lowest BCUT2D eigenvalue weighted by atomic mass is 10.0. The van der Waals surface area contributed by atoms with Gasteiger partial charge in [0, 0.05) is 19.6 Å². The van der Waals surface area contributed by atoms with Crippen molar-refractivity contribution in [1.82, 2.24) is 10.2 Å². The Hall–Kier alpha value is -1.30. The van der Waals surface area contributed by atoms with Gasteiger partial charge in [0.15, 0.2) is 0 Å². The first kappa shape index (κ1) is 18.7. The average Bonchev–Trinajstić information content (AvgIpc) is 2.35. The maximum Gasteiger partial charge on any atom is 0.317 e. The number of hydrogen-bond acceptors (Lipinski definition) is 3. The summed E-state index contributed by atoms with van der Waals surface area (Å²) in [6.45, 7) is 6.84.